The first-order chi connectivity index (χ1) is 7.09. The fraction of sp³-hybridized carbons (Fsp3) is 0.636. The fourth-order valence-corrected chi connectivity index (χ4v) is 1.97. The highest BCUT2D eigenvalue weighted by molar-refractivity contribution is 5.30. The van der Waals surface area contributed by atoms with E-state index < -0.39 is 0 Å². The molecule has 1 N–H and O–H groups in total. The third-order valence-corrected chi connectivity index (χ3v) is 3.01. The lowest BCUT2D eigenvalue weighted by atomic mass is 9.81. The van der Waals surface area contributed by atoms with Crippen molar-refractivity contribution in [2.24, 2.45) is 5.41 Å². The Balaban J connectivity index is 2.14. The highest BCUT2D eigenvalue weighted by Crippen LogP contribution is 2.30. The van der Waals surface area contributed by atoms with E-state index in [1.807, 2.05) is 6.07 Å². The Hall–Kier alpha value is -1.16. The van der Waals surface area contributed by atoms with Gasteiger partial charge in [0.25, 0.3) is 0 Å². The maximum absolute atomic E-state index is 9.83. The van der Waals surface area contributed by atoms with E-state index in [4.69, 9.17) is 0 Å². The smallest absolute Gasteiger partial charge is 0.225 e. The maximum Gasteiger partial charge on any atom is 0.225 e. The van der Waals surface area contributed by atoms with E-state index in [2.05, 4.69) is 28.7 Å². The summed E-state index contributed by atoms with van der Waals surface area (Å²) in [4.78, 5) is 10.6. The van der Waals surface area contributed by atoms with Gasteiger partial charge in [-0.2, -0.15) is 0 Å². The van der Waals surface area contributed by atoms with Gasteiger partial charge in [0.1, 0.15) is 0 Å². The number of anilines is 1. The molecule has 2 heterocycles. The first kappa shape index (κ1) is 10.4. The van der Waals surface area contributed by atoms with Gasteiger partial charge < -0.3 is 10.0 Å². The van der Waals surface area contributed by atoms with E-state index in [9.17, 15) is 5.11 Å². The number of piperidine rings is 1. The van der Waals surface area contributed by atoms with Crippen LogP contribution in [0.25, 0.3) is 0 Å². The highest BCUT2D eigenvalue weighted by Gasteiger charge is 2.35. The molecule has 1 aromatic rings. The molecule has 0 saturated carbocycles. The summed E-state index contributed by atoms with van der Waals surface area (Å²) in [5.41, 5.74) is -0.0859. The van der Waals surface area contributed by atoms with E-state index in [-0.39, 0.29) is 11.5 Å². The molecule has 1 unspecified atom stereocenters. The first-order valence-corrected chi connectivity index (χ1v) is 5.30. The van der Waals surface area contributed by atoms with Crippen LogP contribution in [0.4, 0.5) is 5.95 Å². The van der Waals surface area contributed by atoms with Gasteiger partial charge in [0.2, 0.25) is 5.95 Å². The molecule has 1 aliphatic rings. The topological polar surface area (TPSA) is 49.2 Å². The van der Waals surface area contributed by atoms with Crippen molar-refractivity contribution in [1.29, 1.82) is 0 Å². The predicted molar refractivity (Wildman–Crippen MR) is 58.6 cm³/mol. The van der Waals surface area contributed by atoms with Crippen LogP contribution in [0.15, 0.2) is 18.5 Å². The molecule has 0 radical (unpaired) electrons. The van der Waals surface area contributed by atoms with E-state index >= 15 is 0 Å². The third kappa shape index (κ3) is 2.09. The Morgan fingerprint density at radius 3 is 2.67 bits per heavy atom. The van der Waals surface area contributed by atoms with Crippen LogP contribution in [0.1, 0.15) is 20.3 Å². The third-order valence-electron chi connectivity index (χ3n) is 3.01. The molecule has 0 aromatic carbocycles. The molecule has 0 aliphatic carbocycles. The van der Waals surface area contributed by atoms with Gasteiger partial charge in [-0.05, 0) is 12.5 Å². The lowest BCUT2D eigenvalue weighted by molar-refractivity contribution is 0.0332. The van der Waals surface area contributed by atoms with Crippen molar-refractivity contribution in [3.63, 3.8) is 0 Å². The van der Waals surface area contributed by atoms with Crippen LogP contribution >= 0.6 is 0 Å². The minimum absolute atomic E-state index is 0.0859. The van der Waals surface area contributed by atoms with Crippen LogP contribution in [0.2, 0.25) is 0 Å². The summed E-state index contributed by atoms with van der Waals surface area (Å²) in [5, 5.41) is 9.83. The van der Waals surface area contributed by atoms with Gasteiger partial charge in [0.05, 0.1) is 6.10 Å². The van der Waals surface area contributed by atoms with Crippen LogP contribution < -0.4 is 4.90 Å². The molecule has 1 aromatic heterocycles. The van der Waals surface area contributed by atoms with Crippen molar-refractivity contribution >= 4 is 5.95 Å². The average Bonchev–Trinajstić information content (AvgIpc) is 2.23. The fourth-order valence-electron chi connectivity index (χ4n) is 1.97. The molecule has 1 aliphatic heterocycles. The summed E-state index contributed by atoms with van der Waals surface area (Å²) in [7, 11) is 0. The second-order valence-electron chi connectivity index (χ2n) is 4.76. The monoisotopic (exact) mass is 207 g/mol. The summed E-state index contributed by atoms with van der Waals surface area (Å²) in [6.07, 6.45) is 4.06. The molecule has 4 heteroatoms. The standard InChI is InChI=1S/C11H17N3O/c1-11(2)8-14(7-4-9(11)15)10-12-5-3-6-13-10/h3,5-6,9,15H,4,7-8H2,1-2H3. The Kier molecular flexibility index (Phi) is 2.61. The summed E-state index contributed by atoms with van der Waals surface area (Å²) in [5.74, 6) is 0.762. The molecule has 0 bridgehead atoms. The molecule has 1 saturated heterocycles. The Labute approximate surface area is 90.0 Å². The minimum atomic E-state index is -0.225. The second kappa shape index (κ2) is 3.77. The maximum atomic E-state index is 9.83. The number of hydrogen-bond acceptors (Lipinski definition) is 4. The van der Waals surface area contributed by atoms with Crippen molar-refractivity contribution in [3.8, 4) is 0 Å². The molecule has 0 spiro atoms. The van der Waals surface area contributed by atoms with Crippen molar-refractivity contribution < 1.29 is 5.11 Å². The van der Waals surface area contributed by atoms with Crippen molar-refractivity contribution in [2.75, 3.05) is 18.0 Å². The Bertz CT molecular complexity index is 326. The lowest BCUT2D eigenvalue weighted by Crippen LogP contribution is -2.49. The summed E-state index contributed by atoms with van der Waals surface area (Å²) >= 11 is 0. The SMILES string of the molecule is CC1(C)CN(c2ncccn2)CCC1O. The van der Waals surface area contributed by atoms with Gasteiger partial charge >= 0.3 is 0 Å². The number of nitrogens with zero attached hydrogens (tertiary/aromatic N) is 3. The molecule has 1 atom stereocenters. The van der Waals surface area contributed by atoms with E-state index in [1.54, 1.807) is 12.4 Å². The van der Waals surface area contributed by atoms with Gasteiger partial charge in [-0.15, -0.1) is 0 Å². The van der Waals surface area contributed by atoms with Crippen molar-refractivity contribution in [1.82, 2.24) is 9.97 Å². The van der Waals surface area contributed by atoms with Crippen molar-refractivity contribution in [2.45, 2.75) is 26.4 Å². The molecule has 2 rings (SSSR count). The van der Waals surface area contributed by atoms with Gasteiger partial charge in [-0.1, -0.05) is 13.8 Å². The summed E-state index contributed by atoms with van der Waals surface area (Å²) in [6, 6.07) is 1.81. The zero-order chi connectivity index (χ0) is 10.9. The van der Waals surface area contributed by atoms with E-state index in [1.165, 1.54) is 0 Å². The van der Waals surface area contributed by atoms with E-state index in [0.717, 1.165) is 25.5 Å². The van der Waals surface area contributed by atoms with Crippen LogP contribution in [0.3, 0.4) is 0 Å². The first-order valence-electron chi connectivity index (χ1n) is 5.30. The lowest BCUT2D eigenvalue weighted by Gasteiger charge is -2.41. The summed E-state index contributed by atoms with van der Waals surface area (Å²) < 4.78 is 0. The number of rotatable bonds is 1. The molecule has 4 nitrogen and oxygen atoms in total. The molecule has 82 valence electrons. The number of aliphatic hydroxyl groups is 1. The van der Waals surface area contributed by atoms with Gasteiger partial charge in [0.15, 0.2) is 0 Å². The van der Waals surface area contributed by atoms with Crippen LogP contribution in [-0.4, -0.2) is 34.3 Å². The minimum Gasteiger partial charge on any atom is -0.392 e. The molecule has 1 fully saturated rings. The van der Waals surface area contributed by atoms with Crippen LogP contribution in [0.5, 0.6) is 0 Å². The largest absolute Gasteiger partial charge is 0.392 e. The van der Waals surface area contributed by atoms with Crippen LogP contribution in [0, 0.1) is 5.41 Å². The zero-order valence-electron chi connectivity index (χ0n) is 9.22. The van der Waals surface area contributed by atoms with Gasteiger partial charge in [-0.25, -0.2) is 9.97 Å². The Morgan fingerprint density at radius 2 is 2.07 bits per heavy atom. The Morgan fingerprint density at radius 1 is 1.40 bits per heavy atom. The predicted octanol–water partition coefficient (Wildman–Crippen LogP) is 1.07. The van der Waals surface area contributed by atoms with Gasteiger partial charge in [0, 0.05) is 30.9 Å². The number of aliphatic hydroxyl groups excluding tert-OH is 1. The highest BCUT2D eigenvalue weighted by atomic mass is 16.3. The molecular weight excluding hydrogens is 190 g/mol. The molecule has 15 heavy (non-hydrogen) atoms. The summed E-state index contributed by atoms with van der Waals surface area (Å²) in [6.45, 7) is 5.78. The molecular formula is C11H17N3O. The number of aromatic nitrogens is 2. The normalized spacial score (nSPS) is 25.3. The second-order valence-corrected chi connectivity index (χ2v) is 4.76. The van der Waals surface area contributed by atoms with E-state index in [0.29, 0.717) is 0 Å². The van der Waals surface area contributed by atoms with Gasteiger partial charge in [-0.3, -0.25) is 0 Å². The van der Waals surface area contributed by atoms with Crippen molar-refractivity contribution in [3.05, 3.63) is 18.5 Å². The average molecular weight is 207 g/mol. The van der Waals surface area contributed by atoms with Crippen LogP contribution in [-0.2, 0) is 0 Å². The molecule has 0 amide bonds. The number of hydrogen-bond donors (Lipinski definition) is 1. The zero-order valence-corrected chi connectivity index (χ0v) is 9.22. The quantitative estimate of drug-likeness (QED) is 0.748.